The Labute approximate surface area is 199 Å². The van der Waals surface area contributed by atoms with Crippen LogP contribution in [0, 0.1) is 29.1 Å². The van der Waals surface area contributed by atoms with Crippen LogP contribution in [0.3, 0.4) is 0 Å². The molecule has 0 radical (unpaired) electrons. The number of hydrogen-bond acceptors (Lipinski definition) is 1. The third kappa shape index (κ3) is 5.60. The summed E-state index contributed by atoms with van der Waals surface area (Å²) in [7, 11) is 0. The number of alkyl halides is 5. The lowest BCUT2D eigenvalue weighted by Crippen LogP contribution is -2.26. The van der Waals surface area contributed by atoms with Gasteiger partial charge in [-0.05, 0) is 42.7 Å². The maximum atomic E-state index is 14.6. The van der Waals surface area contributed by atoms with Gasteiger partial charge in [-0.2, -0.15) is 22.0 Å². The van der Waals surface area contributed by atoms with Crippen LogP contribution in [-0.4, -0.2) is 6.18 Å². The van der Waals surface area contributed by atoms with Gasteiger partial charge in [0.05, 0.1) is 5.92 Å². The van der Waals surface area contributed by atoms with Crippen LogP contribution in [-0.2, 0) is 12.5 Å². The van der Waals surface area contributed by atoms with Crippen molar-refractivity contribution >= 4 is 0 Å². The Balaban J connectivity index is 1.96. The molecule has 0 amide bonds. The Kier molecular flexibility index (Phi) is 7.61. The highest BCUT2D eigenvalue weighted by Gasteiger charge is 2.43. The summed E-state index contributed by atoms with van der Waals surface area (Å²) in [5.74, 6) is -12.1. The Hall–Kier alpha value is -3.24. The van der Waals surface area contributed by atoms with Crippen molar-refractivity contribution in [2.24, 2.45) is 0 Å². The summed E-state index contributed by atoms with van der Waals surface area (Å²) in [6, 6.07) is 4.85. The molecule has 0 heterocycles. The molecule has 0 aliphatic rings. The lowest BCUT2D eigenvalue weighted by atomic mass is 9.99. The van der Waals surface area contributed by atoms with Crippen LogP contribution in [0.2, 0.25) is 0 Å². The standard InChI is InChI=1S/C25H18F10O/c1-3-4-13-5-6-16(17(26)7-13)14-8-20(29)23(21(30)9-14)25(34,35)36-15-10-18(27)22(19(28)11-15)12(2)24(31,32)33/h5-12H,3-4H2,1-2H3. The van der Waals surface area contributed by atoms with Gasteiger partial charge in [-0.3, -0.25) is 0 Å². The smallest absolute Gasteiger partial charge is 0.429 e. The maximum Gasteiger partial charge on any atom is 0.432 e. The lowest BCUT2D eigenvalue weighted by Gasteiger charge is -2.22. The monoisotopic (exact) mass is 524 g/mol. The predicted molar refractivity (Wildman–Crippen MR) is 111 cm³/mol. The van der Waals surface area contributed by atoms with E-state index in [1.54, 1.807) is 0 Å². The first-order valence-electron chi connectivity index (χ1n) is 10.6. The quantitative estimate of drug-likeness (QED) is 0.281. The van der Waals surface area contributed by atoms with Crippen molar-refractivity contribution < 1.29 is 48.6 Å². The molecule has 3 aromatic carbocycles. The number of ether oxygens (including phenoxy) is 1. The fourth-order valence-corrected chi connectivity index (χ4v) is 3.64. The van der Waals surface area contributed by atoms with Gasteiger partial charge in [0, 0.05) is 23.3 Å². The summed E-state index contributed by atoms with van der Waals surface area (Å²) in [5.41, 5.74) is -3.42. The average molecular weight is 524 g/mol. The minimum atomic E-state index is -5.03. The van der Waals surface area contributed by atoms with E-state index in [1.807, 2.05) is 6.92 Å². The van der Waals surface area contributed by atoms with E-state index in [9.17, 15) is 43.9 Å². The van der Waals surface area contributed by atoms with Crippen molar-refractivity contribution in [3.63, 3.8) is 0 Å². The molecule has 3 rings (SSSR count). The van der Waals surface area contributed by atoms with Crippen LogP contribution in [0.4, 0.5) is 43.9 Å². The third-order valence-electron chi connectivity index (χ3n) is 5.44. The lowest BCUT2D eigenvalue weighted by molar-refractivity contribution is -0.189. The molecule has 0 saturated carbocycles. The number of hydrogen-bond donors (Lipinski definition) is 0. The summed E-state index contributed by atoms with van der Waals surface area (Å²) in [6.45, 7) is 2.32. The van der Waals surface area contributed by atoms with Gasteiger partial charge >= 0.3 is 12.3 Å². The number of rotatable bonds is 7. The van der Waals surface area contributed by atoms with Crippen molar-refractivity contribution in [2.75, 3.05) is 0 Å². The van der Waals surface area contributed by atoms with Crippen LogP contribution >= 0.6 is 0 Å². The van der Waals surface area contributed by atoms with Gasteiger partial charge in [0.2, 0.25) is 0 Å². The topological polar surface area (TPSA) is 9.23 Å². The Morgan fingerprint density at radius 1 is 0.750 bits per heavy atom. The maximum absolute atomic E-state index is 14.6. The summed E-state index contributed by atoms with van der Waals surface area (Å²) in [5, 5.41) is 0. The van der Waals surface area contributed by atoms with E-state index in [0.717, 1.165) is 6.07 Å². The summed E-state index contributed by atoms with van der Waals surface area (Å²) < 4.78 is 144. The number of aryl methyl sites for hydroxylation is 1. The van der Waals surface area contributed by atoms with E-state index in [-0.39, 0.29) is 17.7 Å². The van der Waals surface area contributed by atoms with Gasteiger partial charge in [-0.25, -0.2) is 22.0 Å². The summed E-state index contributed by atoms with van der Waals surface area (Å²) in [4.78, 5) is 0. The van der Waals surface area contributed by atoms with Crippen molar-refractivity contribution in [3.05, 3.63) is 88.2 Å². The van der Waals surface area contributed by atoms with Crippen molar-refractivity contribution in [3.8, 4) is 16.9 Å². The molecule has 0 spiro atoms. The van der Waals surface area contributed by atoms with Gasteiger partial charge in [-0.1, -0.05) is 25.5 Å². The highest BCUT2D eigenvalue weighted by Crippen LogP contribution is 2.41. The molecular formula is C25H18F10O. The van der Waals surface area contributed by atoms with E-state index < -0.39 is 69.7 Å². The minimum Gasteiger partial charge on any atom is -0.429 e. The predicted octanol–water partition coefficient (Wildman–Crippen LogP) is 8.80. The zero-order valence-corrected chi connectivity index (χ0v) is 18.7. The minimum absolute atomic E-state index is 0.0476. The Bertz CT molecular complexity index is 1220. The zero-order chi connectivity index (χ0) is 27.0. The van der Waals surface area contributed by atoms with Crippen molar-refractivity contribution in [1.82, 2.24) is 0 Å². The van der Waals surface area contributed by atoms with Crippen LogP contribution in [0.1, 0.15) is 42.9 Å². The number of halogens is 10. The van der Waals surface area contributed by atoms with Crippen molar-refractivity contribution in [2.45, 2.75) is 44.9 Å². The van der Waals surface area contributed by atoms with E-state index in [1.165, 1.54) is 12.1 Å². The normalized spacial score (nSPS) is 13.1. The second-order valence-corrected chi connectivity index (χ2v) is 8.06. The van der Waals surface area contributed by atoms with E-state index in [0.29, 0.717) is 37.5 Å². The molecule has 0 N–H and O–H groups in total. The molecular weight excluding hydrogens is 506 g/mol. The first kappa shape index (κ1) is 27.3. The van der Waals surface area contributed by atoms with E-state index >= 15 is 0 Å². The van der Waals surface area contributed by atoms with Crippen LogP contribution < -0.4 is 4.74 Å². The molecule has 0 aliphatic heterocycles. The van der Waals surface area contributed by atoms with Gasteiger partial charge in [0.15, 0.2) is 0 Å². The second kappa shape index (κ2) is 10.0. The molecule has 36 heavy (non-hydrogen) atoms. The highest BCUT2D eigenvalue weighted by atomic mass is 19.4. The average Bonchev–Trinajstić information content (AvgIpc) is 2.71. The van der Waals surface area contributed by atoms with E-state index in [2.05, 4.69) is 4.74 Å². The molecule has 0 fully saturated rings. The highest BCUT2D eigenvalue weighted by molar-refractivity contribution is 5.65. The fraction of sp³-hybridized carbons (Fsp3) is 0.280. The van der Waals surface area contributed by atoms with Gasteiger partial charge in [-0.15, -0.1) is 0 Å². The summed E-state index contributed by atoms with van der Waals surface area (Å²) >= 11 is 0. The molecule has 1 nitrogen and oxygen atoms in total. The van der Waals surface area contributed by atoms with Crippen molar-refractivity contribution in [1.29, 1.82) is 0 Å². The molecule has 1 atom stereocenters. The molecule has 0 aromatic heterocycles. The van der Waals surface area contributed by atoms with Gasteiger partial charge in [0.1, 0.15) is 40.4 Å². The second-order valence-electron chi connectivity index (χ2n) is 8.06. The molecule has 3 aromatic rings. The number of benzene rings is 3. The van der Waals surface area contributed by atoms with Crippen LogP contribution in [0.15, 0.2) is 42.5 Å². The van der Waals surface area contributed by atoms with Gasteiger partial charge in [0.25, 0.3) is 0 Å². The zero-order valence-electron chi connectivity index (χ0n) is 18.7. The summed E-state index contributed by atoms with van der Waals surface area (Å²) in [6.07, 6.45) is -8.62. The first-order chi connectivity index (χ1) is 16.7. The SMILES string of the molecule is CCCc1ccc(-c2cc(F)c(C(F)(F)Oc3cc(F)c(C(C)C(F)(F)F)c(F)c3)c(F)c2)c(F)c1. The molecule has 0 saturated heterocycles. The Morgan fingerprint density at radius 2 is 1.31 bits per heavy atom. The first-order valence-corrected chi connectivity index (χ1v) is 10.6. The Morgan fingerprint density at radius 3 is 1.78 bits per heavy atom. The van der Waals surface area contributed by atoms with Gasteiger partial charge < -0.3 is 4.74 Å². The molecule has 11 heteroatoms. The van der Waals surface area contributed by atoms with Crippen LogP contribution in [0.5, 0.6) is 5.75 Å². The largest absolute Gasteiger partial charge is 0.432 e. The fourth-order valence-electron chi connectivity index (χ4n) is 3.64. The molecule has 0 bridgehead atoms. The molecule has 1 unspecified atom stereocenters. The van der Waals surface area contributed by atoms with E-state index in [4.69, 9.17) is 0 Å². The molecule has 194 valence electrons. The molecule has 0 aliphatic carbocycles. The third-order valence-corrected chi connectivity index (χ3v) is 5.44. The van der Waals surface area contributed by atoms with Crippen LogP contribution in [0.25, 0.3) is 11.1 Å².